The Kier molecular flexibility index (Phi) is 2.90. The van der Waals surface area contributed by atoms with Gasteiger partial charge < -0.3 is 5.11 Å². The molecule has 1 N–H and O–H groups in total. The summed E-state index contributed by atoms with van der Waals surface area (Å²) in [5.41, 5.74) is 4.03. The van der Waals surface area contributed by atoms with Gasteiger partial charge in [0.15, 0.2) is 5.82 Å². The molecule has 4 nitrogen and oxygen atoms in total. The molecular formula is C17H16N2O2. The van der Waals surface area contributed by atoms with Crippen LogP contribution in [0.25, 0.3) is 11.1 Å². The lowest BCUT2D eigenvalue weighted by Crippen LogP contribution is -2.22. The molecule has 1 aliphatic heterocycles. The standard InChI is InChI=1S/C17H16N2O2/c1-10-17(2,3)14-8-13(9-18-15(14)19-10)11-5-4-6-12(7-11)16(20)21/h4-9H,1-3H3,(H,20,21). The first-order chi connectivity index (χ1) is 9.89. The molecule has 1 aromatic heterocycles. The van der Waals surface area contributed by atoms with E-state index in [2.05, 4.69) is 29.9 Å². The molecule has 1 aliphatic rings. The van der Waals surface area contributed by atoms with Gasteiger partial charge in [0.2, 0.25) is 0 Å². The SMILES string of the molecule is CC1=Nc2ncc(-c3cccc(C(=O)O)c3)cc2C1(C)C. The van der Waals surface area contributed by atoms with Crippen molar-refractivity contribution in [2.24, 2.45) is 4.99 Å². The van der Waals surface area contributed by atoms with Crippen LogP contribution in [-0.4, -0.2) is 21.8 Å². The monoisotopic (exact) mass is 280 g/mol. The zero-order valence-electron chi connectivity index (χ0n) is 12.2. The van der Waals surface area contributed by atoms with E-state index in [1.807, 2.05) is 13.0 Å². The quantitative estimate of drug-likeness (QED) is 0.909. The van der Waals surface area contributed by atoms with Crippen molar-refractivity contribution < 1.29 is 9.90 Å². The molecule has 0 unspecified atom stereocenters. The van der Waals surface area contributed by atoms with Crippen molar-refractivity contribution in [3.63, 3.8) is 0 Å². The number of carbonyl (C=O) groups is 1. The first kappa shape index (κ1) is 13.5. The summed E-state index contributed by atoms with van der Waals surface area (Å²) in [7, 11) is 0. The Morgan fingerprint density at radius 2 is 1.95 bits per heavy atom. The van der Waals surface area contributed by atoms with Gasteiger partial charge in [-0.25, -0.2) is 14.8 Å². The maximum absolute atomic E-state index is 11.1. The number of aliphatic imine (C=N–C) groups is 1. The topological polar surface area (TPSA) is 62.5 Å². The summed E-state index contributed by atoms with van der Waals surface area (Å²) in [4.78, 5) is 20.0. The highest BCUT2D eigenvalue weighted by atomic mass is 16.4. The summed E-state index contributed by atoms with van der Waals surface area (Å²) in [5.74, 6) is -0.166. The van der Waals surface area contributed by atoms with Crippen LogP contribution >= 0.6 is 0 Å². The van der Waals surface area contributed by atoms with E-state index in [1.54, 1.807) is 24.4 Å². The van der Waals surface area contributed by atoms with Gasteiger partial charge in [-0.3, -0.25) is 0 Å². The van der Waals surface area contributed by atoms with E-state index >= 15 is 0 Å². The number of fused-ring (bicyclic) bond motifs is 1. The van der Waals surface area contributed by atoms with Crippen molar-refractivity contribution in [1.29, 1.82) is 0 Å². The third kappa shape index (κ3) is 2.13. The summed E-state index contributed by atoms with van der Waals surface area (Å²) in [6, 6.07) is 8.96. The first-order valence-electron chi connectivity index (χ1n) is 6.79. The molecule has 0 radical (unpaired) electrons. The maximum atomic E-state index is 11.1. The van der Waals surface area contributed by atoms with E-state index in [9.17, 15) is 4.79 Å². The molecule has 2 heterocycles. The Balaban J connectivity index is 2.10. The van der Waals surface area contributed by atoms with Crippen LogP contribution in [0.4, 0.5) is 5.82 Å². The van der Waals surface area contributed by atoms with E-state index < -0.39 is 5.97 Å². The van der Waals surface area contributed by atoms with Crippen LogP contribution in [0.2, 0.25) is 0 Å². The van der Waals surface area contributed by atoms with Crippen molar-refractivity contribution in [3.05, 3.63) is 47.7 Å². The molecule has 3 rings (SSSR count). The highest BCUT2D eigenvalue weighted by Gasteiger charge is 2.33. The maximum Gasteiger partial charge on any atom is 0.335 e. The number of hydrogen-bond donors (Lipinski definition) is 1. The van der Waals surface area contributed by atoms with Gasteiger partial charge >= 0.3 is 5.97 Å². The summed E-state index contributed by atoms with van der Waals surface area (Å²) in [5, 5.41) is 9.09. The number of rotatable bonds is 2. The van der Waals surface area contributed by atoms with Gasteiger partial charge in [0.25, 0.3) is 0 Å². The zero-order valence-corrected chi connectivity index (χ0v) is 12.2. The summed E-state index contributed by atoms with van der Waals surface area (Å²) in [6.07, 6.45) is 1.75. The van der Waals surface area contributed by atoms with E-state index in [-0.39, 0.29) is 11.0 Å². The lowest BCUT2D eigenvalue weighted by atomic mass is 9.82. The Labute approximate surface area is 123 Å². The predicted molar refractivity (Wildman–Crippen MR) is 82.4 cm³/mol. The number of benzene rings is 1. The molecule has 0 saturated carbocycles. The van der Waals surface area contributed by atoms with Gasteiger partial charge in [-0.05, 0) is 30.7 Å². The largest absolute Gasteiger partial charge is 0.478 e. The van der Waals surface area contributed by atoms with Gasteiger partial charge in [0.1, 0.15) is 0 Å². The van der Waals surface area contributed by atoms with Crippen molar-refractivity contribution in [3.8, 4) is 11.1 Å². The Bertz CT molecular complexity index is 776. The number of nitrogens with zero attached hydrogens (tertiary/aromatic N) is 2. The van der Waals surface area contributed by atoms with E-state index in [0.717, 1.165) is 28.2 Å². The predicted octanol–water partition coefficient (Wildman–Crippen LogP) is 3.83. The lowest BCUT2D eigenvalue weighted by molar-refractivity contribution is 0.0697. The number of aromatic nitrogens is 1. The average molecular weight is 280 g/mol. The minimum Gasteiger partial charge on any atom is -0.478 e. The van der Waals surface area contributed by atoms with E-state index in [0.29, 0.717) is 0 Å². The van der Waals surface area contributed by atoms with E-state index in [4.69, 9.17) is 5.11 Å². The molecule has 0 bridgehead atoms. The van der Waals surface area contributed by atoms with Crippen molar-refractivity contribution in [2.75, 3.05) is 0 Å². The first-order valence-corrected chi connectivity index (χ1v) is 6.79. The summed E-state index contributed by atoms with van der Waals surface area (Å²) >= 11 is 0. The van der Waals surface area contributed by atoms with Crippen molar-refractivity contribution in [1.82, 2.24) is 4.98 Å². The van der Waals surface area contributed by atoms with Crippen LogP contribution in [0, 0.1) is 0 Å². The minimum absolute atomic E-state index is 0.136. The van der Waals surface area contributed by atoms with Crippen LogP contribution < -0.4 is 0 Å². The van der Waals surface area contributed by atoms with Crippen LogP contribution in [0.15, 0.2) is 41.5 Å². The minimum atomic E-state index is -0.925. The Morgan fingerprint density at radius 3 is 2.67 bits per heavy atom. The van der Waals surface area contributed by atoms with Gasteiger partial charge in [-0.2, -0.15) is 0 Å². The Morgan fingerprint density at radius 1 is 1.19 bits per heavy atom. The summed E-state index contributed by atoms with van der Waals surface area (Å²) in [6.45, 7) is 6.25. The fourth-order valence-electron chi connectivity index (χ4n) is 2.49. The number of hydrogen-bond acceptors (Lipinski definition) is 3. The lowest BCUT2D eigenvalue weighted by Gasteiger charge is -2.20. The molecule has 1 aromatic carbocycles. The number of carboxylic acids is 1. The fourth-order valence-corrected chi connectivity index (χ4v) is 2.49. The Hall–Kier alpha value is -2.49. The second kappa shape index (κ2) is 4.52. The molecule has 0 aliphatic carbocycles. The molecule has 2 aromatic rings. The molecule has 21 heavy (non-hydrogen) atoms. The van der Waals surface area contributed by atoms with Crippen LogP contribution in [0.5, 0.6) is 0 Å². The zero-order chi connectivity index (χ0) is 15.2. The van der Waals surface area contributed by atoms with Crippen LogP contribution in [0.3, 0.4) is 0 Å². The molecule has 4 heteroatoms. The second-order valence-electron chi connectivity index (χ2n) is 5.80. The smallest absolute Gasteiger partial charge is 0.335 e. The molecule has 106 valence electrons. The molecule has 0 amide bonds. The second-order valence-corrected chi connectivity index (χ2v) is 5.80. The average Bonchev–Trinajstić information content (AvgIpc) is 2.69. The van der Waals surface area contributed by atoms with Gasteiger partial charge in [-0.15, -0.1) is 0 Å². The van der Waals surface area contributed by atoms with Gasteiger partial charge in [0, 0.05) is 28.5 Å². The molecule has 0 saturated heterocycles. The van der Waals surface area contributed by atoms with E-state index in [1.165, 1.54) is 0 Å². The van der Waals surface area contributed by atoms with Crippen molar-refractivity contribution in [2.45, 2.75) is 26.2 Å². The van der Waals surface area contributed by atoms with Crippen LogP contribution in [0.1, 0.15) is 36.7 Å². The third-order valence-corrected chi connectivity index (χ3v) is 4.16. The molecule has 0 spiro atoms. The number of pyridine rings is 1. The van der Waals surface area contributed by atoms with Crippen molar-refractivity contribution >= 4 is 17.5 Å². The molecule has 0 fully saturated rings. The third-order valence-electron chi connectivity index (χ3n) is 4.16. The number of carboxylic acid groups (broad SMARTS) is 1. The highest BCUT2D eigenvalue weighted by molar-refractivity contribution is 5.99. The van der Waals surface area contributed by atoms with Crippen LogP contribution in [-0.2, 0) is 5.41 Å². The highest BCUT2D eigenvalue weighted by Crippen LogP contribution is 2.40. The molecular weight excluding hydrogens is 264 g/mol. The normalized spacial score (nSPS) is 15.5. The van der Waals surface area contributed by atoms with Gasteiger partial charge in [-0.1, -0.05) is 26.0 Å². The summed E-state index contributed by atoms with van der Waals surface area (Å²) < 4.78 is 0. The number of aromatic carboxylic acids is 1. The van der Waals surface area contributed by atoms with Gasteiger partial charge in [0.05, 0.1) is 5.56 Å². The fraction of sp³-hybridized carbons (Fsp3) is 0.235. The molecule has 0 atom stereocenters.